The lowest BCUT2D eigenvalue weighted by Gasteiger charge is -2.27. The molecule has 3 heterocycles. The van der Waals surface area contributed by atoms with Gasteiger partial charge in [0.1, 0.15) is 10.5 Å². The summed E-state index contributed by atoms with van der Waals surface area (Å²) in [4.78, 5) is 34.2. The molecule has 0 aliphatic carbocycles. The second-order valence-corrected chi connectivity index (χ2v) is 16.0. The predicted molar refractivity (Wildman–Crippen MR) is 201 cm³/mol. The van der Waals surface area contributed by atoms with Crippen molar-refractivity contribution in [2.24, 2.45) is 0 Å². The van der Waals surface area contributed by atoms with Crippen molar-refractivity contribution < 1.29 is 28.7 Å². The van der Waals surface area contributed by atoms with Crippen molar-refractivity contribution in [3.63, 3.8) is 0 Å². The molecule has 14 heteroatoms. The first kappa shape index (κ1) is 38.2. The number of pyridine rings is 2. The number of methoxy groups -OCH3 is 2. The van der Waals surface area contributed by atoms with Crippen LogP contribution in [-0.2, 0) is 22.7 Å². The standard InChI is InChI=1S/C37H41Cl2N5O6S/c1-21(43-51(48)37(2,3)4)25-13-10-22(18-30(25)49-5)34-33(39)27(16-17-40-34)26-8-7-9-28(32(26)38)29-14-11-23(35(42-29)50-6)19-44(36(46)47)20-24-12-15-31(45)41-24/h7-11,13-14,16-18,21,24,43H,12,15,19-20H2,1-6H3,(H,41,45)(H,46,47)/t21-,24?,51?/m0/s1. The van der Waals surface area contributed by atoms with E-state index in [1.807, 2.05) is 64.1 Å². The van der Waals surface area contributed by atoms with Gasteiger partial charge >= 0.3 is 6.09 Å². The Bertz CT molecular complexity index is 1920. The number of halogens is 2. The van der Waals surface area contributed by atoms with Gasteiger partial charge < -0.3 is 29.3 Å². The number of nitrogens with zero attached hydrogens (tertiary/aromatic N) is 3. The minimum Gasteiger partial charge on any atom is -0.598 e. The van der Waals surface area contributed by atoms with Gasteiger partial charge in [0.2, 0.25) is 11.8 Å². The quantitative estimate of drug-likeness (QED) is 0.124. The molecule has 270 valence electrons. The fourth-order valence-electron chi connectivity index (χ4n) is 5.82. The Labute approximate surface area is 311 Å². The molecular formula is C37H41Cl2N5O6S. The highest BCUT2D eigenvalue weighted by Gasteiger charge is 2.30. The van der Waals surface area contributed by atoms with Crippen molar-refractivity contribution in [1.29, 1.82) is 0 Å². The van der Waals surface area contributed by atoms with E-state index in [4.69, 9.17) is 37.7 Å². The van der Waals surface area contributed by atoms with E-state index >= 15 is 0 Å². The fraction of sp³-hybridized carbons (Fsp3) is 0.351. The van der Waals surface area contributed by atoms with E-state index in [0.717, 1.165) is 11.1 Å². The molecule has 2 unspecified atom stereocenters. The molecule has 1 aliphatic rings. The number of hydrogen-bond donors (Lipinski definition) is 3. The third-order valence-corrected chi connectivity index (χ3v) is 11.0. The molecule has 0 bridgehead atoms. The molecule has 2 aromatic carbocycles. The van der Waals surface area contributed by atoms with Gasteiger partial charge in [0, 0.05) is 69.9 Å². The molecule has 1 fully saturated rings. The smallest absolute Gasteiger partial charge is 0.407 e. The van der Waals surface area contributed by atoms with Gasteiger partial charge in [-0.25, -0.2) is 9.78 Å². The fourth-order valence-corrected chi connectivity index (χ4v) is 7.27. The average Bonchev–Trinajstić information content (AvgIpc) is 3.51. The highest BCUT2D eigenvalue weighted by molar-refractivity contribution is 7.90. The molecule has 2 aromatic heterocycles. The summed E-state index contributed by atoms with van der Waals surface area (Å²) in [6.45, 7) is 7.85. The topological polar surface area (TPSA) is 149 Å². The van der Waals surface area contributed by atoms with E-state index in [0.29, 0.717) is 62.3 Å². The Morgan fingerprint density at radius 3 is 2.47 bits per heavy atom. The minimum absolute atomic E-state index is 0.0267. The van der Waals surface area contributed by atoms with Crippen molar-refractivity contribution in [1.82, 2.24) is 24.9 Å². The minimum atomic E-state index is -1.27. The first-order chi connectivity index (χ1) is 24.2. The van der Waals surface area contributed by atoms with Gasteiger partial charge in [0.05, 0.1) is 48.2 Å². The Morgan fingerprint density at radius 2 is 1.82 bits per heavy atom. The molecule has 2 amide bonds. The highest BCUT2D eigenvalue weighted by Crippen LogP contribution is 2.42. The van der Waals surface area contributed by atoms with E-state index < -0.39 is 22.2 Å². The SMILES string of the molecule is COc1cc(-c2nccc(-c3cccc(-c4ccc(CN(CC5CCC(=O)N5)C(=O)O)c(OC)n4)c3Cl)c2Cl)ccc1[C@H](C)N[S+]([O-])C(C)(C)C. The highest BCUT2D eigenvalue weighted by atomic mass is 35.5. The average molecular weight is 755 g/mol. The molecule has 1 aliphatic heterocycles. The lowest BCUT2D eigenvalue weighted by atomic mass is 9.98. The summed E-state index contributed by atoms with van der Waals surface area (Å²) in [5.41, 5.74) is 5.13. The molecular weight excluding hydrogens is 713 g/mol. The van der Waals surface area contributed by atoms with Crippen LogP contribution in [0.15, 0.2) is 60.8 Å². The van der Waals surface area contributed by atoms with Crippen LogP contribution in [0.25, 0.3) is 33.6 Å². The number of nitrogens with one attached hydrogen (secondary N) is 2. The first-order valence-electron chi connectivity index (χ1n) is 16.3. The summed E-state index contributed by atoms with van der Waals surface area (Å²) in [5.74, 6) is 0.773. The molecule has 0 saturated carbocycles. The van der Waals surface area contributed by atoms with Gasteiger partial charge in [-0.3, -0.25) is 9.78 Å². The van der Waals surface area contributed by atoms with Gasteiger partial charge in [-0.2, -0.15) is 0 Å². The predicted octanol–water partition coefficient (Wildman–Crippen LogP) is 7.67. The molecule has 4 aromatic rings. The van der Waals surface area contributed by atoms with E-state index in [2.05, 4.69) is 15.0 Å². The number of hydrogen-bond acceptors (Lipinski definition) is 8. The monoisotopic (exact) mass is 753 g/mol. The van der Waals surface area contributed by atoms with Crippen LogP contribution in [0.2, 0.25) is 10.0 Å². The summed E-state index contributed by atoms with van der Waals surface area (Å²) in [6, 6.07) is 16.1. The van der Waals surface area contributed by atoms with Crippen LogP contribution in [0.3, 0.4) is 0 Å². The van der Waals surface area contributed by atoms with Gasteiger partial charge in [-0.05, 0) is 58.4 Å². The van der Waals surface area contributed by atoms with Crippen LogP contribution < -0.4 is 19.5 Å². The van der Waals surface area contributed by atoms with Gasteiger partial charge in [0.25, 0.3) is 0 Å². The van der Waals surface area contributed by atoms with E-state index in [9.17, 15) is 19.2 Å². The van der Waals surface area contributed by atoms with Gasteiger partial charge in [-0.15, -0.1) is 4.72 Å². The lowest BCUT2D eigenvalue weighted by molar-refractivity contribution is -0.119. The Kier molecular flexibility index (Phi) is 12.0. The maximum atomic E-state index is 12.7. The number of carbonyl (C=O) groups excluding carboxylic acids is 1. The molecule has 0 spiro atoms. The van der Waals surface area contributed by atoms with E-state index in [1.54, 1.807) is 31.5 Å². The van der Waals surface area contributed by atoms with Crippen molar-refractivity contribution in [3.05, 3.63) is 82.0 Å². The molecule has 3 atom stereocenters. The number of rotatable bonds is 12. The third-order valence-electron chi connectivity index (χ3n) is 8.56. The van der Waals surface area contributed by atoms with Crippen molar-refractivity contribution in [2.75, 3.05) is 20.8 Å². The zero-order valence-corrected chi connectivity index (χ0v) is 31.6. The zero-order valence-electron chi connectivity index (χ0n) is 29.3. The Hall–Kier alpha value is -4.07. The summed E-state index contributed by atoms with van der Waals surface area (Å²) in [5, 5.41) is 13.5. The van der Waals surface area contributed by atoms with Crippen LogP contribution in [0, 0.1) is 0 Å². The summed E-state index contributed by atoms with van der Waals surface area (Å²) >= 11 is 12.8. The third kappa shape index (κ3) is 8.70. The largest absolute Gasteiger partial charge is 0.598 e. The van der Waals surface area contributed by atoms with Crippen LogP contribution in [0.1, 0.15) is 57.7 Å². The molecule has 3 N–H and O–H groups in total. The summed E-state index contributed by atoms with van der Waals surface area (Å²) in [6.07, 6.45) is 1.51. The second-order valence-electron chi connectivity index (χ2n) is 13.2. The van der Waals surface area contributed by atoms with Crippen LogP contribution >= 0.6 is 23.2 Å². The normalized spacial score (nSPS) is 15.6. The van der Waals surface area contributed by atoms with Crippen LogP contribution in [-0.4, -0.2) is 68.1 Å². The molecule has 1 saturated heterocycles. The van der Waals surface area contributed by atoms with Crippen molar-refractivity contribution >= 4 is 46.6 Å². The van der Waals surface area contributed by atoms with Crippen molar-refractivity contribution in [2.45, 2.75) is 63.9 Å². The molecule has 11 nitrogen and oxygen atoms in total. The van der Waals surface area contributed by atoms with Crippen LogP contribution in [0.5, 0.6) is 11.6 Å². The maximum Gasteiger partial charge on any atom is 0.407 e. The second kappa shape index (κ2) is 16.1. The molecule has 51 heavy (non-hydrogen) atoms. The summed E-state index contributed by atoms with van der Waals surface area (Å²) < 4.78 is 26.8. The first-order valence-corrected chi connectivity index (χ1v) is 18.2. The zero-order chi connectivity index (χ0) is 37.0. The van der Waals surface area contributed by atoms with E-state index in [1.165, 1.54) is 12.0 Å². The number of ether oxygens (including phenoxy) is 2. The number of carboxylic acid groups (broad SMARTS) is 1. The number of benzene rings is 2. The van der Waals surface area contributed by atoms with Gasteiger partial charge in [0.15, 0.2) is 0 Å². The molecule has 0 radical (unpaired) electrons. The summed E-state index contributed by atoms with van der Waals surface area (Å²) in [7, 11) is 3.06. The van der Waals surface area contributed by atoms with Crippen molar-refractivity contribution in [3.8, 4) is 45.3 Å². The Balaban J connectivity index is 1.43. The Morgan fingerprint density at radius 1 is 1.10 bits per heavy atom. The molecule has 5 rings (SSSR count). The van der Waals surface area contributed by atoms with E-state index in [-0.39, 0.29) is 37.0 Å². The van der Waals surface area contributed by atoms with Gasteiger partial charge in [-0.1, -0.05) is 53.5 Å². The maximum absolute atomic E-state index is 12.7. The number of amides is 2. The van der Waals surface area contributed by atoms with Crippen LogP contribution in [0.4, 0.5) is 4.79 Å². The lowest BCUT2D eigenvalue weighted by Crippen LogP contribution is -2.41. The number of carbonyl (C=O) groups is 2. The number of aromatic nitrogens is 2.